The van der Waals surface area contributed by atoms with Gasteiger partial charge in [-0.05, 0) is 12.5 Å². The molecule has 0 spiro atoms. The van der Waals surface area contributed by atoms with Crippen LogP contribution in [0, 0.1) is 0 Å². The first-order chi connectivity index (χ1) is 4.22. The second kappa shape index (κ2) is 2.58. The smallest absolute Gasteiger partial charge is 0.197 e. The number of thiol groups is 1. The number of allylic oxidation sites excluding steroid dienone is 4. The van der Waals surface area contributed by atoms with Crippen LogP contribution in [0.1, 0.15) is 6.42 Å². The molecular weight excluding hydrogens is 156 g/mol. The zero-order valence-corrected chi connectivity index (χ0v) is 6.25. The first-order valence-electron chi connectivity index (χ1n) is 2.50. The molecule has 0 N–H and O–H groups in total. The molecule has 0 bridgehead atoms. The monoisotopic (exact) mass is 160 g/mol. The highest BCUT2D eigenvalue weighted by Gasteiger charge is 2.10. The molecule has 0 fully saturated rings. The highest BCUT2D eigenvalue weighted by molar-refractivity contribution is 7.84. The Hall–Kier alpha value is -0.210. The molecule has 0 amide bonds. The summed E-state index contributed by atoms with van der Waals surface area (Å²) in [7, 11) is 0. The quantitative estimate of drug-likeness (QED) is 0.536. The number of carbonyl (C=O) groups is 1. The van der Waals surface area contributed by atoms with E-state index in [4.69, 9.17) is 11.6 Å². The lowest BCUT2D eigenvalue weighted by molar-refractivity contribution is -0.110. The molecule has 0 atom stereocenters. The fraction of sp³-hybridized carbons (Fsp3) is 0.167. The van der Waals surface area contributed by atoms with E-state index in [-0.39, 0.29) is 10.8 Å². The molecule has 0 unspecified atom stereocenters. The number of rotatable bonds is 0. The second-order valence-corrected chi connectivity index (χ2v) is 2.65. The van der Waals surface area contributed by atoms with Crippen LogP contribution in [0.5, 0.6) is 0 Å². The summed E-state index contributed by atoms with van der Waals surface area (Å²) >= 11 is 9.51. The van der Waals surface area contributed by atoms with Gasteiger partial charge in [-0.3, -0.25) is 4.79 Å². The minimum atomic E-state index is -0.145. The van der Waals surface area contributed by atoms with Crippen molar-refractivity contribution in [3.05, 3.63) is 22.1 Å². The predicted molar refractivity (Wildman–Crippen MR) is 40.6 cm³/mol. The standard InChI is InChI=1S/C6H5ClOS/c7-6-4(8)2-1-3-5(6)9/h1-2,9H,3H2. The van der Waals surface area contributed by atoms with Gasteiger partial charge in [0, 0.05) is 4.91 Å². The molecule has 1 aliphatic carbocycles. The second-order valence-electron chi connectivity index (χ2n) is 1.73. The fourth-order valence-corrected chi connectivity index (χ4v) is 0.938. The van der Waals surface area contributed by atoms with Gasteiger partial charge in [0.25, 0.3) is 0 Å². The Morgan fingerprint density at radius 3 is 2.78 bits per heavy atom. The number of carbonyl (C=O) groups excluding carboxylic acids is 1. The van der Waals surface area contributed by atoms with Crippen molar-refractivity contribution in [3.63, 3.8) is 0 Å². The van der Waals surface area contributed by atoms with Gasteiger partial charge in [-0.1, -0.05) is 17.7 Å². The van der Waals surface area contributed by atoms with Crippen molar-refractivity contribution < 1.29 is 4.79 Å². The summed E-state index contributed by atoms with van der Waals surface area (Å²) in [5.41, 5.74) is 0. The maximum Gasteiger partial charge on any atom is 0.197 e. The lowest BCUT2D eigenvalue weighted by Gasteiger charge is -2.02. The first-order valence-corrected chi connectivity index (χ1v) is 3.33. The van der Waals surface area contributed by atoms with E-state index in [0.29, 0.717) is 11.3 Å². The minimum absolute atomic E-state index is 0.145. The molecule has 0 heterocycles. The number of ketones is 1. The fourth-order valence-electron chi connectivity index (χ4n) is 0.583. The van der Waals surface area contributed by atoms with E-state index in [0.717, 1.165) is 0 Å². The number of hydrogen-bond acceptors (Lipinski definition) is 2. The van der Waals surface area contributed by atoms with Crippen LogP contribution in [-0.4, -0.2) is 5.78 Å². The van der Waals surface area contributed by atoms with Gasteiger partial charge >= 0.3 is 0 Å². The lowest BCUT2D eigenvalue weighted by atomic mass is 10.2. The van der Waals surface area contributed by atoms with Crippen LogP contribution >= 0.6 is 24.2 Å². The van der Waals surface area contributed by atoms with E-state index in [1.54, 1.807) is 6.08 Å². The van der Waals surface area contributed by atoms with Crippen LogP contribution in [0.25, 0.3) is 0 Å². The molecule has 3 heteroatoms. The first kappa shape index (κ1) is 6.90. The molecule has 0 aromatic carbocycles. The van der Waals surface area contributed by atoms with Gasteiger partial charge in [0.2, 0.25) is 0 Å². The zero-order chi connectivity index (χ0) is 6.85. The van der Waals surface area contributed by atoms with Gasteiger partial charge < -0.3 is 0 Å². The van der Waals surface area contributed by atoms with Crippen molar-refractivity contribution in [1.82, 2.24) is 0 Å². The number of hydrogen-bond donors (Lipinski definition) is 1. The Balaban J connectivity index is 2.92. The molecule has 1 rings (SSSR count). The average molecular weight is 161 g/mol. The molecule has 0 saturated heterocycles. The van der Waals surface area contributed by atoms with Gasteiger partial charge in [0.15, 0.2) is 5.78 Å². The van der Waals surface area contributed by atoms with Crippen molar-refractivity contribution in [2.45, 2.75) is 6.42 Å². The van der Waals surface area contributed by atoms with E-state index in [1.165, 1.54) is 6.08 Å². The minimum Gasteiger partial charge on any atom is -0.288 e. The highest BCUT2D eigenvalue weighted by Crippen LogP contribution is 2.22. The SMILES string of the molecule is O=C1C=CCC(S)=C1Cl. The summed E-state index contributed by atoms with van der Waals surface area (Å²) in [6, 6.07) is 0. The largest absolute Gasteiger partial charge is 0.288 e. The van der Waals surface area contributed by atoms with Crippen LogP contribution in [0.4, 0.5) is 0 Å². The van der Waals surface area contributed by atoms with Crippen LogP contribution in [0.3, 0.4) is 0 Å². The van der Waals surface area contributed by atoms with Crippen LogP contribution < -0.4 is 0 Å². The molecule has 1 aliphatic rings. The van der Waals surface area contributed by atoms with Gasteiger partial charge in [0.05, 0.1) is 5.03 Å². The zero-order valence-electron chi connectivity index (χ0n) is 4.60. The third-order valence-electron chi connectivity index (χ3n) is 1.05. The molecule has 0 aromatic heterocycles. The summed E-state index contributed by atoms with van der Waals surface area (Å²) in [4.78, 5) is 11.3. The average Bonchev–Trinajstić information content (AvgIpc) is 1.83. The molecule has 48 valence electrons. The van der Waals surface area contributed by atoms with Crippen LogP contribution in [-0.2, 0) is 4.79 Å². The van der Waals surface area contributed by atoms with Crippen LogP contribution in [0.2, 0.25) is 0 Å². The Kier molecular flexibility index (Phi) is 1.98. The van der Waals surface area contributed by atoms with Gasteiger partial charge in [0.1, 0.15) is 0 Å². The van der Waals surface area contributed by atoms with Crippen molar-refractivity contribution in [2.75, 3.05) is 0 Å². The van der Waals surface area contributed by atoms with E-state index in [1.807, 2.05) is 0 Å². The molecule has 0 aromatic rings. The van der Waals surface area contributed by atoms with E-state index >= 15 is 0 Å². The Bertz CT molecular complexity index is 205. The molecule has 9 heavy (non-hydrogen) atoms. The molecule has 0 radical (unpaired) electrons. The van der Waals surface area contributed by atoms with Gasteiger partial charge in [-0.2, -0.15) is 0 Å². The maximum atomic E-state index is 10.7. The lowest BCUT2D eigenvalue weighted by Crippen LogP contribution is -1.98. The normalized spacial score (nSPS) is 19.1. The summed E-state index contributed by atoms with van der Waals surface area (Å²) in [6.07, 6.45) is 3.88. The highest BCUT2D eigenvalue weighted by atomic mass is 35.5. The third-order valence-corrected chi connectivity index (χ3v) is 2.00. The molecule has 0 aliphatic heterocycles. The van der Waals surface area contributed by atoms with Crippen molar-refractivity contribution in [1.29, 1.82) is 0 Å². The molecule has 1 nitrogen and oxygen atoms in total. The summed E-state index contributed by atoms with van der Waals surface area (Å²) in [5, 5.41) is 0.251. The Labute approximate surface area is 63.8 Å². The van der Waals surface area contributed by atoms with E-state index in [2.05, 4.69) is 12.6 Å². The summed E-state index contributed by atoms with van der Waals surface area (Å²) < 4.78 is 0. The predicted octanol–water partition coefficient (Wildman–Crippen LogP) is 1.90. The van der Waals surface area contributed by atoms with Crippen LogP contribution in [0.15, 0.2) is 22.1 Å². The van der Waals surface area contributed by atoms with Gasteiger partial charge in [-0.15, -0.1) is 12.6 Å². The van der Waals surface area contributed by atoms with Crippen molar-refractivity contribution in [2.24, 2.45) is 0 Å². The Morgan fingerprint density at radius 2 is 2.33 bits per heavy atom. The van der Waals surface area contributed by atoms with E-state index in [9.17, 15) is 4.79 Å². The maximum absolute atomic E-state index is 10.7. The van der Waals surface area contributed by atoms with Crippen molar-refractivity contribution in [3.8, 4) is 0 Å². The summed E-state index contributed by atoms with van der Waals surface area (Å²) in [5.74, 6) is -0.145. The van der Waals surface area contributed by atoms with E-state index < -0.39 is 0 Å². The number of halogens is 1. The third kappa shape index (κ3) is 1.37. The summed E-state index contributed by atoms with van der Waals surface area (Å²) in [6.45, 7) is 0. The van der Waals surface area contributed by atoms with Gasteiger partial charge in [-0.25, -0.2) is 0 Å². The molecular formula is C6H5ClOS. The van der Waals surface area contributed by atoms with Crippen molar-refractivity contribution >= 4 is 30.0 Å². The molecule has 0 saturated carbocycles. The Morgan fingerprint density at radius 1 is 1.67 bits per heavy atom. The topological polar surface area (TPSA) is 17.1 Å².